The number of carboxylic acid groups (broad SMARTS) is 1. The van der Waals surface area contributed by atoms with E-state index in [4.69, 9.17) is 14.6 Å². The van der Waals surface area contributed by atoms with Crippen molar-refractivity contribution in [3.8, 4) is 34.5 Å². The van der Waals surface area contributed by atoms with Crippen LogP contribution in [0.4, 0.5) is 17.1 Å². The van der Waals surface area contributed by atoms with Gasteiger partial charge in [0.25, 0.3) is 0 Å². The zero-order chi connectivity index (χ0) is 40.9. The third kappa shape index (κ3) is 15.3. The summed E-state index contributed by atoms with van der Waals surface area (Å²) in [5.74, 6) is -4.62. The Kier molecular flexibility index (Phi) is 24.1. The lowest BCUT2D eigenvalue weighted by Crippen LogP contribution is -2.11. The minimum absolute atomic E-state index is 0. The largest absolute Gasteiger partial charge is 0.504 e. The van der Waals surface area contributed by atoms with Crippen LogP contribution >= 0.6 is 0 Å². The van der Waals surface area contributed by atoms with E-state index in [0.717, 1.165) is 44.4 Å². The third-order valence-corrected chi connectivity index (χ3v) is 5.31. The molecule has 0 saturated heterocycles. The topological polar surface area (TPSA) is 295 Å². The second-order valence-electron chi connectivity index (χ2n) is 8.59. The molecule has 0 atom stereocenters. The number of methoxy groups -OCH3 is 3. The predicted molar refractivity (Wildman–Crippen MR) is 191 cm³/mol. The fourth-order valence-electron chi connectivity index (χ4n) is 3.34. The zero-order valence-corrected chi connectivity index (χ0v) is 28.3. The monoisotopic (exact) mass is 732 g/mol. The SMILES string of the molecule is C=C.COc1c([N+](=O)[O-])ccc(C(=O)O)c1O.COc1c([N+](=O)[O-])ccc(C=O)c1O.COc1c([N+](=O)[O-])ccc(C=O)c1OC(C)=O.[B].[B]B([B])[B]. The Morgan fingerprint density at radius 1 is 0.698 bits per heavy atom. The van der Waals surface area contributed by atoms with Gasteiger partial charge in [0.15, 0.2) is 29.8 Å². The number of nitro groups is 3. The molecule has 0 unspecified atom stereocenters. The van der Waals surface area contributed by atoms with E-state index < -0.39 is 61.6 Å². The average molecular weight is 732 g/mol. The number of carbonyl (C=O) groups excluding carboxylic acids is 3. The van der Waals surface area contributed by atoms with Gasteiger partial charge in [0.05, 0.1) is 47.2 Å². The van der Waals surface area contributed by atoms with E-state index in [-0.39, 0.29) is 48.2 Å². The first-order valence-electron chi connectivity index (χ1n) is 13.4. The van der Waals surface area contributed by atoms with Crippen molar-refractivity contribution in [1.82, 2.24) is 0 Å². The first-order chi connectivity index (χ1) is 24.3. The first-order valence-corrected chi connectivity index (χ1v) is 13.4. The van der Waals surface area contributed by atoms with Crippen LogP contribution in [0.15, 0.2) is 49.6 Å². The van der Waals surface area contributed by atoms with Crippen LogP contribution in [-0.4, -0.2) is 114 Å². The van der Waals surface area contributed by atoms with E-state index in [1.165, 1.54) is 20.3 Å². The van der Waals surface area contributed by atoms with Crippen molar-refractivity contribution in [2.24, 2.45) is 0 Å². The maximum Gasteiger partial charge on any atom is 0.339 e. The molecule has 271 valence electrons. The molecule has 0 spiro atoms. The highest BCUT2D eigenvalue weighted by Gasteiger charge is 2.25. The molecule has 3 N–H and O–H groups in total. The number of hydrogen-bond acceptors (Lipinski definition) is 16. The number of nitrogens with zero attached hydrogens (tertiary/aromatic N) is 3. The quantitative estimate of drug-likeness (QED) is 0.0513. The lowest BCUT2D eigenvalue weighted by atomic mass is 9.08. The number of aldehydes is 2. The van der Waals surface area contributed by atoms with Crippen LogP contribution < -0.4 is 18.9 Å². The molecule has 0 aliphatic carbocycles. The summed E-state index contributed by atoms with van der Waals surface area (Å²) in [6, 6.07) is 6.45. The summed E-state index contributed by atoms with van der Waals surface area (Å²) in [5.41, 5.74) is -1.74. The molecule has 3 aromatic carbocycles. The maximum absolute atomic E-state index is 10.9. The number of carboxylic acids is 1. The molecule has 0 amide bonds. The van der Waals surface area contributed by atoms with E-state index in [9.17, 15) is 59.7 Å². The highest BCUT2D eigenvalue weighted by atomic mass is 16.6. The summed E-state index contributed by atoms with van der Waals surface area (Å²) in [7, 11) is 17.5. The van der Waals surface area contributed by atoms with Gasteiger partial charge in [0, 0.05) is 63.1 Å². The van der Waals surface area contributed by atoms with Crippen LogP contribution in [0.3, 0.4) is 0 Å². The number of rotatable bonds is 10. The molecule has 0 fully saturated rings. The standard InChI is InChI=1S/C10H9NO6.C8H7NO6.C8H7NO5.C2H4.B4.B/c1-6(13)17-9-7(5-12)3-4-8(11(14)15)10(9)16-2;1-15-7-5(9(13)14)3-2-4(6(7)10)8(11)12;1-14-8-6(9(12)13)3-2-5(4-10)7(8)11;1-2;1-4(2)3;/h3-5H,1-2H3;2-3,10H,1H3,(H,11,12);2-4,11H,1H3;1-2H2;;. The van der Waals surface area contributed by atoms with Gasteiger partial charge in [0.2, 0.25) is 17.2 Å². The van der Waals surface area contributed by atoms with E-state index in [2.05, 4.69) is 45.8 Å². The van der Waals surface area contributed by atoms with Crippen LogP contribution in [-0.2, 0) is 4.79 Å². The molecule has 20 nitrogen and oxygen atoms in total. The Morgan fingerprint density at radius 2 is 1.04 bits per heavy atom. The molecule has 53 heavy (non-hydrogen) atoms. The summed E-state index contributed by atoms with van der Waals surface area (Å²) >= 11 is 0. The minimum Gasteiger partial charge on any atom is -0.504 e. The summed E-state index contributed by atoms with van der Waals surface area (Å²) < 4.78 is 18.8. The maximum atomic E-state index is 10.9. The Hall–Kier alpha value is -6.80. The molecular weight excluding hydrogens is 704 g/mol. The van der Waals surface area contributed by atoms with Crippen molar-refractivity contribution in [2.75, 3.05) is 21.3 Å². The van der Waals surface area contributed by atoms with Crippen molar-refractivity contribution < 1.29 is 68.2 Å². The van der Waals surface area contributed by atoms with Crippen LogP contribution in [0.25, 0.3) is 0 Å². The number of phenols is 2. The second kappa shape index (κ2) is 25.2. The lowest BCUT2D eigenvalue weighted by Gasteiger charge is -2.09. The molecule has 0 saturated carbocycles. The Bertz CT molecular complexity index is 1770. The Morgan fingerprint density at radius 3 is 1.36 bits per heavy atom. The molecule has 25 heteroatoms. The van der Waals surface area contributed by atoms with E-state index >= 15 is 0 Å². The van der Waals surface area contributed by atoms with E-state index in [0.29, 0.717) is 12.6 Å². The summed E-state index contributed by atoms with van der Waals surface area (Å²) in [6.07, 6.45) is 0.145. The molecule has 0 aliphatic heterocycles. The van der Waals surface area contributed by atoms with E-state index in [1.54, 1.807) is 0 Å². The number of aromatic hydroxyl groups is 2. The fourth-order valence-corrected chi connectivity index (χ4v) is 3.34. The van der Waals surface area contributed by atoms with Crippen molar-refractivity contribution in [3.63, 3.8) is 0 Å². The number of esters is 1. The van der Waals surface area contributed by atoms with Gasteiger partial charge in [-0.3, -0.25) is 44.7 Å². The van der Waals surface area contributed by atoms with Crippen molar-refractivity contribution in [2.45, 2.75) is 6.92 Å². The predicted octanol–water partition coefficient (Wildman–Crippen LogP) is 2.37. The summed E-state index contributed by atoms with van der Waals surface area (Å²) in [6.45, 7) is 7.12. The van der Waals surface area contributed by atoms with Gasteiger partial charge in [-0.15, -0.1) is 13.2 Å². The zero-order valence-electron chi connectivity index (χ0n) is 28.3. The Labute approximate surface area is 307 Å². The van der Waals surface area contributed by atoms with Crippen LogP contribution in [0, 0.1) is 30.3 Å². The van der Waals surface area contributed by atoms with Gasteiger partial charge in [-0.1, -0.05) is 0 Å². The Balaban J connectivity index is -0.000000653. The highest BCUT2D eigenvalue weighted by molar-refractivity contribution is 7.49. The lowest BCUT2D eigenvalue weighted by molar-refractivity contribution is -0.386. The van der Waals surface area contributed by atoms with Gasteiger partial charge >= 0.3 is 29.0 Å². The number of benzene rings is 3. The van der Waals surface area contributed by atoms with Crippen molar-refractivity contribution in [1.29, 1.82) is 0 Å². The summed E-state index contributed by atoms with van der Waals surface area (Å²) in [5, 5.41) is 59.0. The number of nitro benzene ring substituents is 3. The molecule has 0 aromatic heterocycles. The third-order valence-electron chi connectivity index (χ3n) is 5.31. The van der Waals surface area contributed by atoms with Gasteiger partial charge in [-0.2, -0.15) is 0 Å². The average Bonchev–Trinajstić information content (AvgIpc) is 3.08. The molecule has 0 bridgehead atoms. The van der Waals surface area contributed by atoms with Crippen molar-refractivity contribution >= 4 is 79.6 Å². The number of carbonyl (C=O) groups is 4. The molecular formula is C28H27B5N3O17. The van der Waals surface area contributed by atoms with Gasteiger partial charge < -0.3 is 34.3 Å². The molecule has 0 aliphatic rings. The molecule has 3 rings (SSSR count). The van der Waals surface area contributed by atoms with Crippen LogP contribution in [0.5, 0.6) is 34.5 Å². The smallest absolute Gasteiger partial charge is 0.339 e. The van der Waals surface area contributed by atoms with Gasteiger partial charge in [-0.25, -0.2) is 4.79 Å². The second-order valence-corrected chi connectivity index (χ2v) is 8.59. The number of ether oxygens (including phenoxy) is 4. The van der Waals surface area contributed by atoms with E-state index in [1.807, 2.05) is 0 Å². The molecule has 0 heterocycles. The van der Waals surface area contributed by atoms with Crippen LogP contribution in [0.2, 0.25) is 0 Å². The summed E-state index contributed by atoms with van der Waals surface area (Å²) in [4.78, 5) is 72.1. The van der Waals surface area contributed by atoms with Gasteiger partial charge in [0.1, 0.15) is 5.56 Å². The molecule has 3 aromatic rings. The number of aromatic carboxylic acids is 1. The fraction of sp³-hybridized carbons (Fsp3) is 0.143. The molecule has 9 radical (unpaired) electrons. The van der Waals surface area contributed by atoms with Crippen molar-refractivity contribution in [3.05, 3.63) is 96.6 Å². The highest BCUT2D eigenvalue weighted by Crippen LogP contribution is 2.40. The minimum atomic E-state index is -1.39. The number of phenolic OH excluding ortho intramolecular Hbond substituents is 1. The van der Waals surface area contributed by atoms with Crippen LogP contribution in [0.1, 0.15) is 38.0 Å². The first kappa shape index (κ1) is 50.6. The number of hydrogen-bond donors (Lipinski definition) is 3. The van der Waals surface area contributed by atoms with Gasteiger partial charge in [-0.05, 0) is 18.2 Å². The normalized spacial score (nSPS) is 8.83.